The molecular formula is C16H29NO4. The third-order valence-corrected chi connectivity index (χ3v) is 3.50. The van der Waals surface area contributed by atoms with E-state index < -0.39 is 5.97 Å². The molecule has 0 spiro atoms. The fourth-order valence-electron chi connectivity index (χ4n) is 2.22. The first-order valence-electron chi connectivity index (χ1n) is 8.13. The van der Waals surface area contributed by atoms with Crippen molar-refractivity contribution in [2.75, 3.05) is 0 Å². The van der Waals surface area contributed by atoms with E-state index in [0.29, 0.717) is 18.5 Å². The molecule has 5 nitrogen and oxygen atoms in total. The highest BCUT2D eigenvalue weighted by molar-refractivity contribution is 5.66. The molecule has 0 aliphatic heterocycles. The molecule has 0 saturated heterocycles. The summed E-state index contributed by atoms with van der Waals surface area (Å²) in [5, 5.41) is 19.4. The molecule has 122 valence electrons. The van der Waals surface area contributed by atoms with Crippen LogP contribution in [0.3, 0.4) is 0 Å². The van der Waals surface area contributed by atoms with Crippen molar-refractivity contribution in [2.45, 2.75) is 84.0 Å². The molecule has 0 amide bonds. The molecule has 0 rings (SSSR count). The molecular weight excluding hydrogens is 270 g/mol. The van der Waals surface area contributed by atoms with Gasteiger partial charge in [-0.1, -0.05) is 45.4 Å². The molecule has 0 radical (unpaired) electrons. The lowest BCUT2D eigenvalue weighted by molar-refractivity contribution is -0.428. The number of allylic oxidation sites excluding steroid dienone is 2. The van der Waals surface area contributed by atoms with Gasteiger partial charge in [0.25, 0.3) is 0 Å². The van der Waals surface area contributed by atoms with Gasteiger partial charge < -0.3 is 5.11 Å². The lowest BCUT2D eigenvalue weighted by Gasteiger charge is -2.01. The van der Waals surface area contributed by atoms with Crippen LogP contribution in [-0.2, 0) is 4.79 Å². The minimum absolute atomic E-state index is 0.220. The van der Waals surface area contributed by atoms with Gasteiger partial charge in [-0.05, 0) is 31.8 Å². The summed E-state index contributed by atoms with van der Waals surface area (Å²) in [7, 11) is 0. The average molecular weight is 299 g/mol. The Hall–Kier alpha value is -1.39. The number of nitrogens with zero attached hydrogens (tertiary/aromatic N) is 1. The van der Waals surface area contributed by atoms with E-state index in [0.717, 1.165) is 44.9 Å². The van der Waals surface area contributed by atoms with Gasteiger partial charge in [0, 0.05) is 12.8 Å². The minimum Gasteiger partial charge on any atom is -0.481 e. The molecule has 0 bridgehead atoms. The largest absolute Gasteiger partial charge is 0.481 e. The second-order valence-electron chi connectivity index (χ2n) is 5.46. The highest BCUT2D eigenvalue weighted by atomic mass is 16.6. The second kappa shape index (κ2) is 13.6. The zero-order chi connectivity index (χ0) is 15.9. The van der Waals surface area contributed by atoms with E-state index in [9.17, 15) is 14.9 Å². The molecule has 0 unspecified atom stereocenters. The molecule has 5 heteroatoms. The Bertz CT molecular complexity index is 326. The first-order chi connectivity index (χ1) is 10.1. The van der Waals surface area contributed by atoms with Crippen molar-refractivity contribution in [1.29, 1.82) is 0 Å². The zero-order valence-corrected chi connectivity index (χ0v) is 13.2. The van der Waals surface area contributed by atoms with Gasteiger partial charge in [-0.3, -0.25) is 14.9 Å². The Labute approximate surface area is 127 Å². The van der Waals surface area contributed by atoms with Crippen molar-refractivity contribution in [3.8, 4) is 0 Å². The lowest BCUT2D eigenvalue weighted by Crippen LogP contribution is -1.99. The number of carboxylic acid groups (broad SMARTS) is 1. The molecule has 0 heterocycles. The number of aliphatic carboxylic acids is 1. The summed E-state index contributed by atoms with van der Waals surface area (Å²) < 4.78 is 0. The molecule has 0 saturated carbocycles. The predicted octanol–water partition coefficient (Wildman–Crippen LogP) is 4.93. The molecule has 0 atom stereocenters. The van der Waals surface area contributed by atoms with Crippen LogP contribution in [0.1, 0.15) is 84.0 Å². The first-order valence-corrected chi connectivity index (χ1v) is 8.13. The van der Waals surface area contributed by atoms with E-state index in [2.05, 4.69) is 6.92 Å². The summed E-state index contributed by atoms with van der Waals surface area (Å²) in [6.07, 6.45) is 12.1. The zero-order valence-electron chi connectivity index (χ0n) is 13.2. The van der Waals surface area contributed by atoms with E-state index in [1.807, 2.05) is 0 Å². The molecule has 0 aromatic heterocycles. The number of unbranched alkanes of at least 4 members (excludes halogenated alkanes) is 8. The van der Waals surface area contributed by atoms with E-state index in [4.69, 9.17) is 5.11 Å². The quantitative estimate of drug-likeness (QED) is 0.280. The van der Waals surface area contributed by atoms with Crippen LogP contribution < -0.4 is 0 Å². The van der Waals surface area contributed by atoms with Crippen molar-refractivity contribution < 1.29 is 14.8 Å². The summed E-state index contributed by atoms with van der Waals surface area (Å²) in [6.45, 7) is 2.15. The smallest absolute Gasteiger partial charge is 0.303 e. The number of carboxylic acids is 1. The molecule has 0 fully saturated rings. The molecule has 0 aliphatic rings. The van der Waals surface area contributed by atoms with Crippen molar-refractivity contribution >= 4 is 5.97 Å². The fourth-order valence-corrected chi connectivity index (χ4v) is 2.22. The van der Waals surface area contributed by atoms with Crippen molar-refractivity contribution in [3.05, 3.63) is 21.9 Å². The Morgan fingerprint density at radius 2 is 1.57 bits per heavy atom. The number of carbonyl (C=O) groups is 1. The van der Waals surface area contributed by atoms with E-state index in [1.165, 1.54) is 12.8 Å². The SMILES string of the molecule is CCCCCC/C=C(\CCCCCCCC(=O)O)[N+](=O)[O-]. The molecule has 0 aliphatic carbocycles. The lowest BCUT2D eigenvalue weighted by atomic mass is 10.1. The van der Waals surface area contributed by atoms with Gasteiger partial charge in [0.15, 0.2) is 0 Å². The van der Waals surface area contributed by atoms with Crippen LogP contribution in [0.15, 0.2) is 11.8 Å². The van der Waals surface area contributed by atoms with Crippen LogP contribution in [0.5, 0.6) is 0 Å². The predicted molar refractivity (Wildman–Crippen MR) is 83.8 cm³/mol. The Balaban J connectivity index is 3.71. The Kier molecular flexibility index (Phi) is 12.7. The summed E-state index contributed by atoms with van der Waals surface area (Å²) >= 11 is 0. The molecule has 21 heavy (non-hydrogen) atoms. The van der Waals surface area contributed by atoms with Gasteiger partial charge in [0.1, 0.15) is 0 Å². The van der Waals surface area contributed by atoms with Crippen molar-refractivity contribution in [1.82, 2.24) is 0 Å². The summed E-state index contributed by atoms with van der Waals surface area (Å²) in [5.74, 6) is -0.753. The summed E-state index contributed by atoms with van der Waals surface area (Å²) in [4.78, 5) is 21.0. The average Bonchev–Trinajstić information content (AvgIpc) is 2.43. The summed E-state index contributed by atoms with van der Waals surface area (Å²) in [5.41, 5.74) is 0.344. The topological polar surface area (TPSA) is 80.4 Å². The normalized spacial score (nSPS) is 11.6. The van der Waals surface area contributed by atoms with Gasteiger partial charge in [-0.25, -0.2) is 0 Å². The van der Waals surface area contributed by atoms with Crippen LogP contribution in [0, 0.1) is 10.1 Å². The van der Waals surface area contributed by atoms with Crippen LogP contribution in [0.2, 0.25) is 0 Å². The van der Waals surface area contributed by atoms with Crippen molar-refractivity contribution in [2.24, 2.45) is 0 Å². The summed E-state index contributed by atoms with van der Waals surface area (Å²) in [6, 6.07) is 0. The minimum atomic E-state index is -0.753. The number of hydrogen-bond acceptors (Lipinski definition) is 3. The first kappa shape index (κ1) is 19.6. The van der Waals surface area contributed by atoms with Crippen LogP contribution in [0.4, 0.5) is 0 Å². The maximum Gasteiger partial charge on any atom is 0.303 e. The van der Waals surface area contributed by atoms with Gasteiger partial charge in [-0.15, -0.1) is 0 Å². The highest BCUT2D eigenvalue weighted by Gasteiger charge is 2.09. The third kappa shape index (κ3) is 13.4. The van der Waals surface area contributed by atoms with Crippen LogP contribution in [-0.4, -0.2) is 16.0 Å². The van der Waals surface area contributed by atoms with E-state index in [-0.39, 0.29) is 11.3 Å². The van der Waals surface area contributed by atoms with Gasteiger partial charge >= 0.3 is 5.97 Å². The maximum absolute atomic E-state index is 10.9. The van der Waals surface area contributed by atoms with Crippen LogP contribution >= 0.6 is 0 Å². The number of rotatable bonds is 14. The van der Waals surface area contributed by atoms with Gasteiger partial charge in [-0.2, -0.15) is 0 Å². The van der Waals surface area contributed by atoms with Gasteiger partial charge in [0.05, 0.1) is 4.92 Å². The number of nitro groups is 1. The van der Waals surface area contributed by atoms with Gasteiger partial charge in [0.2, 0.25) is 5.70 Å². The molecule has 0 aromatic carbocycles. The standard InChI is InChI=1S/C16H29NO4/c1-2-3-4-6-9-12-15(17(20)21)13-10-7-5-8-11-14-16(18)19/h12H,2-11,13-14H2,1H3,(H,18,19)/b15-12+. The van der Waals surface area contributed by atoms with Crippen molar-refractivity contribution in [3.63, 3.8) is 0 Å². The Morgan fingerprint density at radius 1 is 1.00 bits per heavy atom. The van der Waals surface area contributed by atoms with Crippen LogP contribution in [0.25, 0.3) is 0 Å². The third-order valence-electron chi connectivity index (χ3n) is 3.50. The second-order valence-corrected chi connectivity index (χ2v) is 5.46. The molecule has 1 N–H and O–H groups in total. The fraction of sp³-hybridized carbons (Fsp3) is 0.812. The van der Waals surface area contributed by atoms with E-state index >= 15 is 0 Å². The highest BCUT2D eigenvalue weighted by Crippen LogP contribution is 2.14. The molecule has 0 aromatic rings. The Morgan fingerprint density at radius 3 is 2.14 bits per heavy atom. The number of hydrogen-bond donors (Lipinski definition) is 1. The van der Waals surface area contributed by atoms with E-state index in [1.54, 1.807) is 6.08 Å². The maximum atomic E-state index is 10.9. The monoisotopic (exact) mass is 299 g/mol.